The first-order valence-corrected chi connectivity index (χ1v) is 8.98. The van der Waals surface area contributed by atoms with E-state index in [-0.39, 0.29) is 5.91 Å². The van der Waals surface area contributed by atoms with Crippen LogP contribution < -0.4 is 10.2 Å². The van der Waals surface area contributed by atoms with E-state index < -0.39 is 0 Å². The first-order valence-electron chi connectivity index (χ1n) is 8.98. The highest BCUT2D eigenvalue weighted by Crippen LogP contribution is 2.45. The van der Waals surface area contributed by atoms with E-state index in [1.165, 1.54) is 29.5 Å². The van der Waals surface area contributed by atoms with Gasteiger partial charge in [0.05, 0.1) is 0 Å². The molecule has 1 saturated carbocycles. The number of rotatable bonds is 2. The summed E-state index contributed by atoms with van der Waals surface area (Å²) in [7, 11) is 0. The Labute approximate surface area is 138 Å². The van der Waals surface area contributed by atoms with E-state index in [4.69, 9.17) is 0 Å². The summed E-state index contributed by atoms with van der Waals surface area (Å²) in [6.07, 6.45) is 7.06. The third-order valence-corrected chi connectivity index (χ3v) is 5.64. The molecule has 2 unspecified atom stereocenters. The molecule has 0 aromatic heterocycles. The van der Waals surface area contributed by atoms with Crippen molar-refractivity contribution in [3.05, 3.63) is 35.4 Å². The van der Waals surface area contributed by atoms with Crippen molar-refractivity contribution in [2.24, 2.45) is 11.8 Å². The summed E-state index contributed by atoms with van der Waals surface area (Å²) in [6, 6.07) is 7.15. The summed E-state index contributed by atoms with van der Waals surface area (Å²) >= 11 is 0. The molecule has 1 fully saturated rings. The van der Waals surface area contributed by atoms with Crippen molar-refractivity contribution in [2.45, 2.75) is 45.6 Å². The SMILES string of the molecule is CC(=O)N1c2ccc(C3=CCNCC3)cc2CC(C)C1C1CC1. The minimum absolute atomic E-state index is 0.198. The van der Waals surface area contributed by atoms with Crippen LogP contribution in [-0.4, -0.2) is 25.0 Å². The molecule has 2 heterocycles. The molecular weight excluding hydrogens is 284 g/mol. The van der Waals surface area contributed by atoms with Gasteiger partial charge in [-0.3, -0.25) is 4.79 Å². The molecule has 3 aliphatic rings. The second-order valence-electron chi connectivity index (χ2n) is 7.43. The summed E-state index contributed by atoms with van der Waals surface area (Å²) in [6.45, 7) is 6.06. The molecule has 3 nitrogen and oxygen atoms in total. The molecule has 1 aromatic rings. The zero-order valence-corrected chi connectivity index (χ0v) is 14.1. The number of carbonyl (C=O) groups excluding carboxylic acids is 1. The molecule has 0 radical (unpaired) electrons. The molecule has 0 spiro atoms. The average Bonchev–Trinajstić information content (AvgIpc) is 3.38. The zero-order valence-electron chi connectivity index (χ0n) is 14.1. The van der Waals surface area contributed by atoms with E-state index in [9.17, 15) is 4.79 Å². The fraction of sp³-hybridized carbons (Fsp3) is 0.550. The number of amides is 1. The highest BCUT2D eigenvalue weighted by atomic mass is 16.2. The van der Waals surface area contributed by atoms with Crippen LogP contribution in [0.3, 0.4) is 0 Å². The van der Waals surface area contributed by atoms with Crippen molar-refractivity contribution >= 4 is 17.2 Å². The van der Waals surface area contributed by atoms with Crippen LogP contribution in [0.1, 0.15) is 44.2 Å². The first kappa shape index (κ1) is 14.9. The lowest BCUT2D eigenvalue weighted by Gasteiger charge is -2.41. The van der Waals surface area contributed by atoms with Crippen molar-refractivity contribution in [3.8, 4) is 0 Å². The number of fused-ring (bicyclic) bond motifs is 1. The van der Waals surface area contributed by atoms with E-state index >= 15 is 0 Å². The minimum Gasteiger partial charge on any atom is -0.313 e. The molecule has 122 valence electrons. The van der Waals surface area contributed by atoms with Crippen LogP contribution in [0.2, 0.25) is 0 Å². The molecule has 2 atom stereocenters. The van der Waals surface area contributed by atoms with Crippen LogP contribution in [-0.2, 0) is 11.2 Å². The molecule has 4 rings (SSSR count). The van der Waals surface area contributed by atoms with Crippen LogP contribution >= 0.6 is 0 Å². The Hall–Kier alpha value is -1.61. The van der Waals surface area contributed by atoms with Crippen molar-refractivity contribution in [1.29, 1.82) is 0 Å². The second-order valence-corrected chi connectivity index (χ2v) is 7.43. The molecule has 0 bridgehead atoms. The molecular formula is C20H26N2O. The third kappa shape index (κ3) is 2.72. The lowest BCUT2D eigenvalue weighted by atomic mass is 9.83. The Balaban J connectivity index is 1.72. The second kappa shape index (κ2) is 5.79. The average molecular weight is 310 g/mol. The minimum atomic E-state index is 0.198. The molecule has 3 heteroatoms. The fourth-order valence-electron chi connectivity index (χ4n) is 4.44. The predicted molar refractivity (Wildman–Crippen MR) is 94.4 cm³/mol. The summed E-state index contributed by atoms with van der Waals surface area (Å²) in [5.41, 5.74) is 5.29. The van der Waals surface area contributed by atoms with Crippen LogP contribution in [0.25, 0.3) is 5.57 Å². The summed E-state index contributed by atoms with van der Waals surface area (Å²) < 4.78 is 0. The van der Waals surface area contributed by atoms with E-state index in [1.54, 1.807) is 6.92 Å². The van der Waals surface area contributed by atoms with Crippen LogP contribution in [0.15, 0.2) is 24.3 Å². The van der Waals surface area contributed by atoms with Crippen molar-refractivity contribution in [2.75, 3.05) is 18.0 Å². The Morgan fingerprint density at radius 1 is 1.30 bits per heavy atom. The van der Waals surface area contributed by atoms with Crippen molar-refractivity contribution < 1.29 is 4.79 Å². The first-order chi connectivity index (χ1) is 11.1. The number of hydrogen-bond donors (Lipinski definition) is 1. The largest absolute Gasteiger partial charge is 0.313 e. The lowest BCUT2D eigenvalue weighted by molar-refractivity contribution is -0.117. The highest BCUT2D eigenvalue weighted by molar-refractivity contribution is 5.94. The summed E-state index contributed by atoms with van der Waals surface area (Å²) in [4.78, 5) is 14.4. The monoisotopic (exact) mass is 310 g/mol. The molecule has 1 amide bonds. The van der Waals surface area contributed by atoms with Gasteiger partial charge in [0.1, 0.15) is 0 Å². The van der Waals surface area contributed by atoms with Gasteiger partial charge in [-0.2, -0.15) is 0 Å². The van der Waals surface area contributed by atoms with Gasteiger partial charge in [0.2, 0.25) is 5.91 Å². The van der Waals surface area contributed by atoms with Gasteiger partial charge in [-0.1, -0.05) is 19.1 Å². The zero-order chi connectivity index (χ0) is 16.0. The van der Waals surface area contributed by atoms with Crippen LogP contribution in [0.4, 0.5) is 5.69 Å². The van der Waals surface area contributed by atoms with Crippen LogP contribution in [0.5, 0.6) is 0 Å². The third-order valence-electron chi connectivity index (χ3n) is 5.64. The topological polar surface area (TPSA) is 32.3 Å². The summed E-state index contributed by atoms with van der Waals surface area (Å²) in [5.74, 6) is 1.47. The van der Waals surface area contributed by atoms with Gasteiger partial charge in [0.15, 0.2) is 0 Å². The van der Waals surface area contributed by atoms with Crippen molar-refractivity contribution in [3.63, 3.8) is 0 Å². The molecule has 1 N–H and O–H groups in total. The predicted octanol–water partition coefficient (Wildman–Crippen LogP) is 3.39. The molecule has 2 aliphatic heterocycles. The van der Waals surface area contributed by atoms with Gasteiger partial charge in [-0.15, -0.1) is 0 Å². The maximum absolute atomic E-state index is 12.3. The van der Waals surface area contributed by atoms with Gasteiger partial charge in [0, 0.05) is 25.2 Å². The van der Waals surface area contributed by atoms with Gasteiger partial charge in [-0.25, -0.2) is 0 Å². The lowest BCUT2D eigenvalue weighted by Crippen LogP contribution is -2.48. The normalized spacial score (nSPS) is 27.4. The quantitative estimate of drug-likeness (QED) is 0.908. The van der Waals surface area contributed by atoms with Gasteiger partial charge >= 0.3 is 0 Å². The number of nitrogens with one attached hydrogen (secondary N) is 1. The smallest absolute Gasteiger partial charge is 0.224 e. The van der Waals surface area contributed by atoms with E-state index in [0.29, 0.717) is 17.9 Å². The number of hydrogen-bond acceptors (Lipinski definition) is 2. The number of carbonyl (C=O) groups is 1. The Morgan fingerprint density at radius 3 is 2.78 bits per heavy atom. The Bertz CT molecular complexity index is 660. The molecule has 23 heavy (non-hydrogen) atoms. The van der Waals surface area contributed by atoms with Gasteiger partial charge < -0.3 is 10.2 Å². The van der Waals surface area contributed by atoms with E-state index in [1.807, 2.05) is 0 Å². The van der Waals surface area contributed by atoms with Gasteiger partial charge in [-0.05, 0) is 72.9 Å². The standard InChI is InChI=1S/C20H26N2O/c1-13-11-18-12-17(15-7-9-21-10-8-15)5-6-19(18)22(14(2)23)20(13)16-3-4-16/h5-7,12-13,16,20-21H,3-4,8-11H2,1-2H3. The van der Waals surface area contributed by atoms with Crippen LogP contribution in [0, 0.1) is 11.8 Å². The van der Waals surface area contributed by atoms with Crippen molar-refractivity contribution in [1.82, 2.24) is 5.32 Å². The van der Waals surface area contributed by atoms with E-state index in [2.05, 4.69) is 41.4 Å². The maximum atomic E-state index is 12.3. The Kier molecular flexibility index (Phi) is 3.76. The number of anilines is 1. The molecule has 1 aliphatic carbocycles. The van der Waals surface area contributed by atoms with E-state index in [0.717, 1.165) is 31.6 Å². The highest BCUT2D eigenvalue weighted by Gasteiger charge is 2.43. The number of benzene rings is 1. The Morgan fingerprint density at radius 2 is 2.13 bits per heavy atom. The fourth-order valence-corrected chi connectivity index (χ4v) is 4.44. The maximum Gasteiger partial charge on any atom is 0.224 e. The van der Waals surface area contributed by atoms with Gasteiger partial charge in [0.25, 0.3) is 0 Å². The molecule has 0 saturated heterocycles. The summed E-state index contributed by atoms with van der Waals surface area (Å²) in [5, 5.41) is 3.37. The molecule has 1 aromatic carbocycles. The number of nitrogens with zero attached hydrogens (tertiary/aromatic N) is 1.